The molecule has 1 aliphatic heterocycles. The Bertz CT molecular complexity index is 295. The van der Waals surface area contributed by atoms with Crippen LogP contribution in [0.25, 0.3) is 0 Å². The summed E-state index contributed by atoms with van der Waals surface area (Å²) in [6.07, 6.45) is 12.6. The molecule has 1 radical (unpaired) electrons. The molecule has 0 aliphatic carbocycles. The molecule has 15 heavy (non-hydrogen) atoms. The zero-order valence-electron chi connectivity index (χ0n) is 8.75. The summed E-state index contributed by atoms with van der Waals surface area (Å²) < 4.78 is 7.42. The number of ether oxygens (including phenoxy) is 1. The standard InChI is InChI=1S/C11H16N3O/c1-2-9-15-11(4-1)13-5-3-7-14-8-6-12-10-14/h2,6,8-11H,1,3-5,7H2. The Morgan fingerprint density at radius 3 is 3.27 bits per heavy atom. The fraction of sp³-hybridized carbons (Fsp3) is 0.545. The van der Waals surface area contributed by atoms with E-state index >= 15 is 0 Å². The molecule has 0 N–H and O–H groups in total. The minimum absolute atomic E-state index is 0.0813. The van der Waals surface area contributed by atoms with Gasteiger partial charge < -0.3 is 9.30 Å². The Hall–Kier alpha value is -1.29. The summed E-state index contributed by atoms with van der Waals surface area (Å²) in [5.74, 6) is 0. The zero-order chi connectivity index (χ0) is 10.3. The Kier molecular flexibility index (Phi) is 3.79. The summed E-state index contributed by atoms with van der Waals surface area (Å²) in [6.45, 7) is 1.84. The average Bonchev–Trinajstić information content (AvgIpc) is 2.79. The third kappa shape index (κ3) is 3.40. The highest BCUT2D eigenvalue weighted by Gasteiger charge is 2.09. The molecule has 81 valence electrons. The highest BCUT2D eigenvalue weighted by molar-refractivity contribution is 4.81. The molecule has 0 amide bonds. The van der Waals surface area contributed by atoms with Crippen molar-refractivity contribution in [3.05, 3.63) is 31.1 Å². The third-order valence-corrected chi connectivity index (χ3v) is 2.38. The van der Waals surface area contributed by atoms with E-state index in [1.54, 1.807) is 12.5 Å². The van der Waals surface area contributed by atoms with Crippen LogP contribution in [0.1, 0.15) is 19.3 Å². The van der Waals surface area contributed by atoms with E-state index < -0.39 is 0 Å². The van der Waals surface area contributed by atoms with Gasteiger partial charge in [0.25, 0.3) is 0 Å². The molecule has 0 saturated carbocycles. The van der Waals surface area contributed by atoms with Crippen LogP contribution in [0.3, 0.4) is 0 Å². The van der Waals surface area contributed by atoms with Gasteiger partial charge in [-0.05, 0) is 18.9 Å². The lowest BCUT2D eigenvalue weighted by molar-refractivity contribution is 0.0886. The Morgan fingerprint density at radius 1 is 1.53 bits per heavy atom. The first-order valence-electron chi connectivity index (χ1n) is 5.38. The normalized spacial score (nSPS) is 20.1. The van der Waals surface area contributed by atoms with Crippen LogP contribution >= 0.6 is 0 Å². The lowest BCUT2D eigenvalue weighted by atomic mass is 10.2. The molecular weight excluding hydrogens is 190 g/mol. The van der Waals surface area contributed by atoms with Gasteiger partial charge in [0.15, 0.2) is 6.23 Å². The SMILES string of the molecule is C1=COC([N]CCCn2ccnc2)CC1. The predicted octanol–water partition coefficient (Wildman–Crippen LogP) is 1.53. The summed E-state index contributed by atoms with van der Waals surface area (Å²) in [7, 11) is 0. The van der Waals surface area contributed by atoms with E-state index in [0.717, 1.165) is 32.4 Å². The van der Waals surface area contributed by atoms with E-state index in [-0.39, 0.29) is 6.23 Å². The van der Waals surface area contributed by atoms with Gasteiger partial charge in [0.1, 0.15) is 0 Å². The molecule has 0 fully saturated rings. The number of rotatable bonds is 5. The van der Waals surface area contributed by atoms with Crippen LogP contribution in [-0.2, 0) is 11.3 Å². The van der Waals surface area contributed by atoms with Crippen molar-refractivity contribution in [2.24, 2.45) is 0 Å². The van der Waals surface area contributed by atoms with Gasteiger partial charge in [-0.15, -0.1) is 0 Å². The van der Waals surface area contributed by atoms with Crippen molar-refractivity contribution < 1.29 is 4.74 Å². The lowest BCUT2D eigenvalue weighted by Gasteiger charge is -2.18. The van der Waals surface area contributed by atoms with Crippen molar-refractivity contribution in [1.82, 2.24) is 14.9 Å². The Morgan fingerprint density at radius 2 is 2.53 bits per heavy atom. The molecule has 1 aromatic rings. The van der Waals surface area contributed by atoms with Gasteiger partial charge >= 0.3 is 0 Å². The zero-order valence-corrected chi connectivity index (χ0v) is 8.75. The van der Waals surface area contributed by atoms with Crippen molar-refractivity contribution in [1.29, 1.82) is 0 Å². The molecule has 1 aromatic heterocycles. The largest absolute Gasteiger partial charge is 0.482 e. The van der Waals surface area contributed by atoms with Gasteiger partial charge in [0.2, 0.25) is 0 Å². The molecule has 4 heteroatoms. The third-order valence-electron chi connectivity index (χ3n) is 2.38. The highest BCUT2D eigenvalue weighted by Crippen LogP contribution is 2.08. The number of hydrogen-bond acceptors (Lipinski definition) is 2. The molecule has 1 atom stereocenters. The Labute approximate surface area is 90.0 Å². The molecule has 0 spiro atoms. The summed E-state index contributed by atoms with van der Waals surface area (Å²) >= 11 is 0. The summed E-state index contributed by atoms with van der Waals surface area (Å²) in [5.41, 5.74) is 0. The maximum absolute atomic E-state index is 5.35. The number of aryl methyl sites for hydroxylation is 1. The highest BCUT2D eigenvalue weighted by atomic mass is 16.5. The molecule has 0 aromatic carbocycles. The smallest absolute Gasteiger partial charge is 0.164 e. The van der Waals surface area contributed by atoms with Crippen LogP contribution in [0.5, 0.6) is 0 Å². The molecular formula is C11H16N3O. The monoisotopic (exact) mass is 206 g/mol. The summed E-state index contributed by atoms with van der Waals surface area (Å²) in [5, 5.41) is 4.48. The second kappa shape index (κ2) is 5.56. The molecule has 4 nitrogen and oxygen atoms in total. The van der Waals surface area contributed by atoms with Crippen LogP contribution < -0.4 is 5.32 Å². The quantitative estimate of drug-likeness (QED) is 0.685. The van der Waals surface area contributed by atoms with Gasteiger partial charge in [-0.3, -0.25) is 0 Å². The van der Waals surface area contributed by atoms with Gasteiger partial charge in [0.05, 0.1) is 12.6 Å². The first-order valence-corrected chi connectivity index (χ1v) is 5.38. The Balaban J connectivity index is 1.57. The number of hydrogen-bond donors (Lipinski definition) is 0. The number of aromatic nitrogens is 2. The lowest BCUT2D eigenvalue weighted by Crippen LogP contribution is -2.26. The molecule has 1 unspecified atom stereocenters. The van der Waals surface area contributed by atoms with Crippen LogP contribution in [0, 0.1) is 0 Å². The average molecular weight is 206 g/mol. The molecule has 2 heterocycles. The second-order valence-corrected chi connectivity index (χ2v) is 3.60. The van der Waals surface area contributed by atoms with Crippen molar-refractivity contribution in [2.45, 2.75) is 32.0 Å². The van der Waals surface area contributed by atoms with Crippen LogP contribution in [0.2, 0.25) is 0 Å². The summed E-state index contributed by atoms with van der Waals surface area (Å²) in [6, 6.07) is 0. The van der Waals surface area contributed by atoms with Gasteiger partial charge in [0, 0.05) is 31.9 Å². The fourth-order valence-electron chi connectivity index (χ4n) is 1.56. The van der Waals surface area contributed by atoms with Crippen molar-refractivity contribution >= 4 is 0 Å². The van der Waals surface area contributed by atoms with E-state index in [1.165, 1.54) is 0 Å². The molecule has 0 saturated heterocycles. The summed E-state index contributed by atoms with van der Waals surface area (Å²) in [4.78, 5) is 3.99. The maximum Gasteiger partial charge on any atom is 0.164 e. The van der Waals surface area contributed by atoms with Crippen molar-refractivity contribution in [3.8, 4) is 0 Å². The fourth-order valence-corrected chi connectivity index (χ4v) is 1.56. The first kappa shape index (κ1) is 10.2. The maximum atomic E-state index is 5.35. The van der Waals surface area contributed by atoms with Crippen molar-refractivity contribution in [2.75, 3.05) is 6.54 Å². The number of allylic oxidation sites excluding steroid dienone is 1. The van der Waals surface area contributed by atoms with Gasteiger partial charge in [-0.25, -0.2) is 10.3 Å². The molecule has 0 bridgehead atoms. The van der Waals surface area contributed by atoms with E-state index in [1.807, 2.05) is 18.6 Å². The van der Waals surface area contributed by atoms with Crippen LogP contribution in [-0.4, -0.2) is 22.3 Å². The predicted molar refractivity (Wildman–Crippen MR) is 57.1 cm³/mol. The number of nitrogens with zero attached hydrogens (tertiary/aromatic N) is 3. The van der Waals surface area contributed by atoms with Gasteiger partial charge in [-0.2, -0.15) is 0 Å². The van der Waals surface area contributed by atoms with E-state index in [4.69, 9.17) is 4.74 Å². The number of imidazole rings is 1. The van der Waals surface area contributed by atoms with Crippen molar-refractivity contribution in [3.63, 3.8) is 0 Å². The second-order valence-electron chi connectivity index (χ2n) is 3.60. The van der Waals surface area contributed by atoms with Crippen LogP contribution in [0.4, 0.5) is 0 Å². The molecule has 2 rings (SSSR count). The van der Waals surface area contributed by atoms with E-state index in [2.05, 4.69) is 14.9 Å². The minimum Gasteiger partial charge on any atom is -0.482 e. The van der Waals surface area contributed by atoms with Gasteiger partial charge in [-0.1, -0.05) is 0 Å². The van der Waals surface area contributed by atoms with E-state index in [0.29, 0.717) is 0 Å². The topological polar surface area (TPSA) is 41.2 Å². The minimum atomic E-state index is 0.0813. The van der Waals surface area contributed by atoms with E-state index in [9.17, 15) is 0 Å². The molecule has 1 aliphatic rings. The first-order chi connectivity index (χ1) is 7.45. The van der Waals surface area contributed by atoms with Crippen LogP contribution in [0.15, 0.2) is 31.1 Å².